The summed E-state index contributed by atoms with van der Waals surface area (Å²) in [6, 6.07) is 8.72. The van der Waals surface area contributed by atoms with Crippen LogP contribution in [0.5, 0.6) is 0 Å². The van der Waals surface area contributed by atoms with Crippen LogP contribution in [0.1, 0.15) is 12.5 Å². The lowest BCUT2D eigenvalue weighted by Crippen LogP contribution is -2.22. The van der Waals surface area contributed by atoms with Gasteiger partial charge in [-0.3, -0.25) is 0 Å². The average Bonchev–Trinajstić information content (AvgIpc) is 2.37. The van der Waals surface area contributed by atoms with E-state index in [1.165, 1.54) is 6.92 Å². The van der Waals surface area contributed by atoms with Crippen molar-refractivity contribution in [2.45, 2.75) is 6.92 Å². The van der Waals surface area contributed by atoms with Crippen LogP contribution >= 0.6 is 0 Å². The first-order valence-corrected chi connectivity index (χ1v) is 7.74. The van der Waals surface area contributed by atoms with Gasteiger partial charge < -0.3 is 9.57 Å². The quantitative estimate of drug-likeness (QED) is 0.269. The summed E-state index contributed by atoms with van der Waals surface area (Å²) < 4.78 is 5.10. The van der Waals surface area contributed by atoms with Crippen LogP contribution < -0.4 is 0 Å². The van der Waals surface area contributed by atoms with Crippen LogP contribution in [-0.2, 0) is 30.1 Å². The van der Waals surface area contributed by atoms with Crippen LogP contribution in [0.15, 0.2) is 35.5 Å². The van der Waals surface area contributed by atoms with Crippen LogP contribution in [-0.4, -0.2) is 36.1 Å². The number of oxime groups is 1. The van der Waals surface area contributed by atoms with Gasteiger partial charge in [0.2, 0.25) is 5.94 Å². The van der Waals surface area contributed by atoms with E-state index < -0.39 is 11.9 Å². The van der Waals surface area contributed by atoms with Gasteiger partial charge in [-0.1, -0.05) is 35.5 Å². The van der Waals surface area contributed by atoms with Crippen LogP contribution in [0, 0.1) is 0 Å². The molecular formula is C13H16NO4S+. The molecule has 0 unspecified atom stereocenters. The first-order valence-electron chi connectivity index (χ1n) is 5.53. The van der Waals surface area contributed by atoms with E-state index in [2.05, 4.69) is 9.99 Å². The molecule has 102 valence electrons. The number of rotatable bonds is 5. The molecule has 1 rings (SSSR count). The summed E-state index contributed by atoms with van der Waals surface area (Å²) in [7, 11) is -0.0276. The zero-order valence-corrected chi connectivity index (χ0v) is 11.9. The molecule has 0 bridgehead atoms. The van der Waals surface area contributed by atoms with Crippen molar-refractivity contribution in [3.63, 3.8) is 0 Å². The highest BCUT2D eigenvalue weighted by molar-refractivity contribution is 7.95. The number of ether oxygens (including phenoxy) is 1. The number of hydrogen-bond donors (Lipinski definition) is 0. The molecule has 0 N–H and O–H groups in total. The molecule has 19 heavy (non-hydrogen) atoms. The SMILES string of the molecule is CC(=O)ON=C(C(=O)OC[S+](C)C)c1ccccc1. The van der Waals surface area contributed by atoms with Crippen molar-refractivity contribution in [3.8, 4) is 0 Å². The Morgan fingerprint density at radius 1 is 1.21 bits per heavy atom. The Hall–Kier alpha value is -1.82. The van der Waals surface area contributed by atoms with E-state index in [0.29, 0.717) is 11.5 Å². The second kappa shape index (κ2) is 7.58. The summed E-state index contributed by atoms with van der Waals surface area (Å²) >= 11 is 0. The number of carbonyl (C=O) groups excluding carboxylic acids is 2. The zero-order chi connectivity index (χ0) is 14.3. The average molecular weight is 282 g/mol. The van der Waals surface area contributed by atoms with E-state index in [9.17, 15) is 9.59 Å². The van der Waals surface area contributed by atoms with Crippen molar-refractivity contribution in [1.82, 2.24) is 0 Å². The number of benzene rings is 1. The molecule has 0 fully saturated rings. The van der Waals surface area contributed by atoms with Gasteiger partial charge in [-0.2, -0.15) is 0 Å². The highest BCUT2D eigenvalue weighted by Crippen LogP contribution is 2.04. The predicted octanol–water partition coefficient (Wildman–Crippen LogP) is 1.33. The number of nitrogens with zero attached hydrogens (tertiary/aromatic N) is 1. The molecule has 0 radical (unpaired) electrons. The van der Waals surface area contributed by atoms with E-state index in [1.807, 2.05) is 18.6 Å². The van der Waals surface area contributed by atoms with Gasteiger partial charge in [0.25, 0.3) is 0 Å². The fourth-order valence-electron chi connectivity index (χ4n) is 1.15. The number of esters is 1. The second-order valence-corrected chi connectivity index (χ2v) is 6.13. The minimum Gasteiger partial charge on any atom is -0.414 e. The largest absolute Gasteiger partial charge is 0.414 e. The Morgan fingerprint density at radius 3 is 2.37 bits per heavy atom. The third kappa shape index (κ3) is 5.56. The number of carbonyl (C=O) groups is 2. The van der Waals surface area contributed by atoms with Gasteiger partial charge in [-0.25, -0.2) is 9.59 Å². The standard InChI is InChI=1S/C13H16NO4S/c1-10(15)18-14-12(11-7-5-4-6-8-11)13(16)17-9-19(2)3/h4-8H,9H2,1-3H3/q+1. The van der Waals surface area contributed by atoms with Crippen LogP contribution in [0.25, 0.3) is 0 Å². The van der Waals surface area contributed by atoms with Gasteiger partial charge in [-0.15, -0.1) is 0 Å². The molecule has 0 saturated carbocycles. The molecule has 0 aliphatic heterocycles. The molecule has 6 heteroatoms. The summed E-state index contributed by atoms with van der Waals surface area (Å²) in [5.74, 6) is -0.884. The molecule has 0 heterocycles. The van der Waals surface area contributed by atoms with Crippen LogP contribution in [0.4, 0.5) is 0 Å². The fourth-order valence-corrected chi connectivity index (χ4v) is 1.50. The van der Waals surface area contributed by atoms with Gasteiger partial charge in [0, 0.05) is 23.4 Å². The molecule has 0 atom stereocenters. The van der Waals surface area contributed by atoms with E-state index in [4.69, 9.17) is 4.74 Å². The number of hydrogen-bond acceptors (Lipinski definition) is 5. The summed E-state index contributed by atoms with van der Waals surface area (Å²) in [6.45, 7) is 1.22. The van der Waals surface area contributed by atoms with Gasteiger partial charge in [0.15, 0.2) is 5.71 Å². The molecule has 0 aliphatic carbocycles. The third-order valence-electron chi connectivity index (χ3n) is 1.93. The summed E-state index contributed by atoms with van der Waals surface area (Å²) in [4.78, 5) is 27.2. The molecule has 5 nitrogen and oxygen atoms in total. The van der Waals surface area contributed by atoms with E-state index in [0.717, 1.165) is 0 Å². The van der Waals surface area contributed by atoms with Crippen molar-refractivity contribution >= 4 is 28.5 Å². The highest BCUT2D eigenvalue weighted by atomic mass is 32.2. The lowest BCUT2D eigenvalue weighted by atomic mass is 10.1. The zero-order valence-electron chi connectivity index (χ0n) is 11.1. The second-order valence-electron chi connectivity index (χ2n) is 3.92. The summed E-state index contributed by atoms with van der Waals surface area (Å²) in [5.41, 5.74) is 0.530. The van der Waals surface area contributed by atoms with E-state index >= 15 is 0 Å². The Kier molecular flexibility index (Phi) is 6.08. The van der Waals surface area contributed by atoms with Crippen molar-refractivity contribution < 1.29 is 19.2 Å². The van der Waals surface area contributed by atoms with Gasteiger partial charge in [0.05, 0.1) is 0 Å². The van der Waals surface area contributed by atoms with Crippen molar-refractivity contribution in [1.29, 1.82) is 0 Å². The van der Waals surface area contributed by atoms with Crippen LogP contribution in [0.2, 0.25) is 0 Å². The van der Waals surface area contributed by atoms with Gasteiger partial charge in [0.1, 0.15) is 12.5 Å². The summed E-state index contributed by atoms with van der Waals surface area (Å²) in [6.07, 6.45) is 3.91. The third-order valence-corrected chi connectivity index (χ3v) is 2.52. The predicted molar refractivity (Wildman–Crippen MR) is 74.9 cm³/mol. The lowest BCUT2D eigenvalue weighted by Gasteiger charge is -2.05. The Morgan fingerprint density at radius 2 is 1.84 bits per heavy atom. The maximum Gasteiger partial charge on any atom is 0.364 e. The van der Waals surface area contributed by atoms with E-state index in [1.54, 1.807) is 24.3 Å². The van der Waals surface area contributed by atoms with Crippen LogP contribution in [0.3, 0.4) is 0 Å². The molecule has 1 aromatic carbocycles. The smallest absolute Gasteiger partial charge is 0.364 e. The van der Waals surface area contributed by atoms with Crippen molar-refractivity contribution in [3.05, 3.63) is 35.9 Å². The van der Waals surface area contributed by atoms with Crippen molar-refractivity contribution in [2.75, 3.05) is 18.5 Å². The first kappa shape index (κ1) is 15.2. The highest BCUT2D eigenvalue weighted by Gasteiger charge is 2.19. The Balaban J connectivity index is 2.90. The molecule has 1 aromatic rings. The summed E-state index contributed by atoms with van der Waals surface area (Å²) in [5, 5.41) is 3.57. The Bertz CT molecular complexity index is 471. The first-order chi connectivity index (χ1) is 9.00. The normalized spacial score (nSPS) is 11.3. The minimum absolute atomic E-state index is 0.0127. The fraction of sp³-hybridized carbons (Fsp3) is 0.308. The molecule has 0 saturated heterocycles. The van der Waals surface area contributed by atoms with Gasteiger partial charge in [-0.05, 0) is 0 Å². The van der Waals surface area contributed by atoms with E-state index in [-0.39, 0.29) is 16.6 Å². The topological polar surface area (TPSA) is 65.0 Å². The molecule has 0 amide bonds. The van der Waals surface area contributed by atoms with Crippen molar-refractivity contribution in [2.24, 2.45) is 5.16 Å². The molecular weight excluding hydrogens is 266 g/mol. The maximum atomic E-state index is 11.9. The van der Waals surface area contributed by atoms with Gasteiger partial charge >= 0.3 is 11.9 Å². The molecule has 0 aromatic heterocycles. The minimum atomic E-state index is -0.603. The lowest BCUT2D eigenvalue weighted by molar-refractivity contribution is -0.141. The monoisotopic (exact) mass is 282 g/mol. The Labute approximate surface area is 114 Å². The molecule has 0 spiro atoms. The maximum absolute atomic E-state index is 11.9. The molecule has 0 aliphatic rings.